The number of hydrogen-bond acceptors (Lipinski definition) is 4. The van der Waals surface area contributed by atoms with Crippen LogP contribution in [0.2, 0.25) is 0 Å². The predicted molar refractivity (Wildman–Crippen MR) is 126 cm³/mol. The number of amides is 2. The van der Waals surface area contributed by atoms with Crippen LogP contribution in [0.5, 0.6) is 0 Å². The highest BCUT2D eigenvalue weighted by Crippen LogP contribution is 2.23. The highest BCUT2D eigenvalue weighted by Gasteiger charge is 2.23. The normalized spacial score (nSPS) is 14.0. The highest BCUT2D eigenvalue weighted by molar-refractivity contribution is 6.48. The minimum atomic E-state index is -0.794. The van der Waals surface area contributed by atoms with Crippen molar-refractivity contribution in [2.24, 2.45) is 0 Å². The van der Waals surface area contributed by atoms with E-state index in [1.54, 1.807) is 41.1 Å². The zero-order chi connectivity index (χ0) is 23.4. The summed E-state index contributed by atoms with van der Waals surface area (Å²) in [5, 5.41) is 3.21. The fourth-order valence-electron chi connectivity index (χ4n) is 4.25. The van der Waals surface area contributed by atoms with E-state index in [1.165, 1.54) is 13.0 Å². The number of nitrogens with one attached hydrogen (secondary N) is 1. The van der Waals surface area contributed by atoms with Crippen LogP contribution in [0.15, 0.2) is 54.7 Å². The molecule has 7 nitrogen and oxygen atoms in total. The number of fused-ring (bicyclic) bond motifs is 1. The number of nitrogens with zero attached hydrogens (tertiary/aromatic N) is 2. The number of aromatic nitrogens is 1. The van der Waals surface area contributed by atoms with E-state index in [1.807, 2.05) is 17.0 Å². The Morgan fingerprint density at radius 1 is 0.909 bits per heavy atom. The molecule has 1 N–H and O–H groups in total. The summed E-state index contributed by atoms with van der Waals surface area (Å²) in [5.41, 5.74) is 1.80. The number of rotatable bonds is 6. The molecule has 7 heteroatoms. The van der Waals surface area contributed by atoms with Crippen LogP contribution in [0.25, 0.3) is 10.9 Å². The number of para-hydroxylation sites is 1. The van der Waals surface area contributed by atoms with Crippen molar-refractivity contribution in [2.75, 3.05) is 18.4 Å². The van der Waals surface area contributed by atoms with Crippen LogP contribution < -0.4 is 5.32 Å². The molecule has 2 aromatic carbocycles. The fourth-order valence-corrected chi connectivity index (χ4v) is 4.25. The number of carbonyl (C=O) groups is 4. The number of Topliss-reactive ketones (excluding diaryl/α,β-unsaturated/α-hetero) is 2. The molecule has 0 unspecified atom stereocenters. The van der Waals surface area contributed by atoms with Crippen molar-refractivity contribution in [1.82, 2.24) is 9.47 Å². The smallest absolute Gasteiger partial charge is 0.296 e. The standard InChI is InChI=1S/C26H27N3O4/c1-18(30)19-9-8-10-20(15-19)27-26(33)25(32)22-16-29(23-12-5-4-11-21(22)23)17-24(31)28-13-6-2-3-7-14-28/h4-5,8-12,15-16H,2-3,6-7,13-14,17H2,1H3,(H,27,33). The van der Waals surface area contributed by atoms with Crippen molar-refractivity contribution in [2.45, 2.75) is 39.2 Å². The molecule has 1 fully saturated rings. The van der Waals surface area contributed by atoms with Crippen LogP contribution in [0.4, 0.5) is 5.69 Å². The lowest BCUT2D eigenvalue weighted by Crippen LogP contribution is -2.34. The fraction of sp³-hybridized carbons (Fsp3) is 0.308. The van der Waals surface area contributed by atoms with Gasteiger partial charge < -0.3 is 14.8 Å². The summed E-state index contributed by atoms with van der Waals surface area (Å²) in [7, 11) is 0. The first-order valence-corrected chi connectivity index (χ1v) is 11.3. The third-order valence-corrected chi connectivity index (χ3v) is 6.03. The van der Waals surface area contributed by atoms with E-state index in [4.69, 9.17) is 0 Å². The molecule has 0 bridgehead atoms. The number of carbonyl (C=O) groups excluding carboxylic acids is 4. The summed E-state index contributed by atoms with van der Waals surface area (Å²) in [5.74, 6) is -1.60. The highest BCUT2D eigenvalue weighted by atomic mass is 16.2. The Kier molecular flexibility index (Phi) is 6.68. The quantitative estimate of drug-likeness (QED) is 0.458. The second-order valence-electron chi connectivity index (χ2n) is 8.40. The van der Waals surface area contributed by atoms with Crippen molar-refractivity contribution >= 4 is 40.0 Å². The molecule has 1 aliphatic heterocycles. The van der Waals surface area contributed by atoms with Gasteiger partial charge in [-0.05, 0) is 38.0 Å². The monoisotopic (exact) mass is 445 g/mol. The maximum absolute atomic E-state index is 13.0. The second kappa shape index (κ2) is 9.81. The molecule has 0 spiro atoms. The first-order chi connectivity index (χ1) is 15.9. The van der Waals surface area contributed by atoms with E-state index < -0.39 is 11.7 Å². The first-order valence-electron chi connectivity index (χ1n) is 11.3. The van der Waals surface area contributed by atoms with Crippen LogP contribution in [0.1, 0.15) is 53.3 Å². The average Bonchev–Trinajstić information content (AvgIpc) is 2.98. The molecule has 1 aromatic heterocycles. The Morgan fingerprint density at radius 3 is 2.36 bits per heavy atom. The van der Waals surface area contributed by atoms with Crippen molar-refractivity contribution in [3.63, 3.8) is 0 Å². The van der Waals surface area contributed by atoms with Gasteiger partial charge in [0.2, 0.25) is 5.91 Å². The summed E-state index contributed by atoms with van der Waals surface area (Å²) in [6, 6.07) is 13.7. The lowest BCUT2D eigenvalue weighted by Gasteiger charge is -2.20. The van der Waals surface area contributed by atoms with Crippen molar-refractivity contribution in [1.29, 1.82) is 0 Å². The molecular formula is C26H27N3O4. The summed E-state index contributed by atoms with van der Waals surface area (Å²) in [4.78, 5) is 52.2. The van der Waals surface area contributed by atoms with E-state index in [-0.39, 0.29) is 23.8 Å². The van der Waals surface area contributed by atoms with Gasteiger partial charge in [0.1, 0.15) is 6.54 Å². The average molecular weight is 446 g/mol. The van der Waals surface area contributed by atoms with Crippen LogP contribution in [0.3, 0.4) is 0 Å². The minimum Gasteiger partial charge on any atom is -0.341 e. The van der Waals surface area contributed by atoms with Gasteiger partial charge in [-0.25, -0.2) is 0 Å². The Balaban J connectivity index is 1.57. The van der Waals surface area contributed by atoms with E-state index in [0.29, 0.717) is 16.6 Å². The summed E-state index contributed by atoms with van der Waals surface area (Å²) in [6.45, 7) is 3.07. The van der Waals surface area contributed by atoms with E-state index in [0.717, 1.165) is 44.3 Å². The molecule has 1 saturated heterocycles. The predicted octanol–water partition coefficient (Wildman–Crippen LogP) is 4.07. The molecule has 1 aliphatic rings. The van der Waals surface area contributed by atoms with Gasteiger partial charge in [0, 0.05) is 41.4 Å². The second-order valence-corrected chi connectivity index (χ2v) is 8.40. The Morgan fingerprint density at radius 2 is 1.64 bits per heavy atom. The Labute approximate surface area is 192 Å². The van der Waals surface area contributed by atoms with Gasteiger partial charge in [0.25, 0.3) is 11.7 Å². The lowest BCUT2D eigenvalue weighted by atomic mass is 10.1. The number of likely N-dealkylation sites (tertiary alicyclic amines) is 1. The zero-order valence-electron chi connectivity index (χ0n) is 18.7. The van der Waals surface area contributed by atoms with Gasteiger partial charge in [-0.1, -0.05) is 43.2 Å². The zero-order valence-corrected chi connectivity index (χ0v) is 18.7. The Bertz CT molecular complexity index is 1220. The van der Waals surface area contributed by atoms with Gasteiger partial charge in [0.15, 0.2) is 5.78 Å². The van der Waals surface area contributed by atoms with Gasteiger partial charge in [-0.3, -0.25) is 19.2 Å². The number of hydrogen-bond donors (Lipinski definition) is 1. The molecule has 170 valence electrons. The van der Waals surface area contributed by atoms with Crippen LogP contribution in [-0.2, 0) is 16.1 Å². The molecule has 4 rings (SSSR count). The number of anilines is 1. The SMILES string of the molecule is CC(=O)c1cccc(NC(=O)C(=O)c2cn(CC(=O)N3CCCCCC3)c3ccccc23)c1. The van der Waals surface area contributed by atoms with Gasteiger partial charge in [0.05, 0.1) is 5.56 Å². The third kappa shape index (κ3) is 5.03. The molecule has 0 radical (unpaired) electrons. The molecular weight excluding hydrogens is 418 g/mol. The van der Waals surface area contributed by atoms with Crippen molar-refractivity contribution < 1.29 is 19.2 Å². The van der Waals surface area contributed by atoms with Crippen LogP contribution in [-0.4, -0.2) is 45.9 Å². The van der Waals surface area contributed by atoms with Crippen LogP contribution >= 0.6 is 0 Å². The third-order valence-electron chi connectivity index (χ3n) is 6.03. The number of ketones is 2. The molecule has 0 saturated carbocycles. The van der Waals surface area contributed by atoms with E-state index in [2.05, 4.69) is 5.32 Å². The summed E-state index contributed by atoms with van der Waals surface area (Å²) in [6.07, 6.45) is 5.88. The molecule has 0 atom stereocenters. The molecule has 2 amide bonds. The van der Waals surface area contributed by atoms with Crippen molar-refractivity contribution in [3.8, 4) is 0 Å². The topological polar surface area (TPSA) is 88.5 Å². The maximum atomic E-state index is 13.0. The largest absolute Gasteiger partial charge is 0.341 e. The number of benzene rings is 2. The van der Waals surface area contributed by atoms with Gasteiger partial charge in [-0.15, -0.1) is 0 Å². The van der Waals surface area contributed by atoms with E-state index >= 15 is 0 Å². The minimum absolute atomic E-state index is 0.0159. The first kappa shape index (κ1) is 22.5. The Hall–Kier alpha value is -3.74. The molecule has 33 heavy (non-hydrogen) atoms. The van der Waals surface area contributed by atoms with Gasteiger partial charge in [-0.2, -0.15) is 0 Å². The molecule has 0 aliphatic carbocycles. The van der Waals surface area contributed by atoms with Crippen LogP contribution in [0, 0.1) is 0 Å². The molecule has 2 heterocycles. The lowest BCUT2D eigenvalue weighted by molar-refractivity contribution is -0.131. The van der Waals surface area contributed by atoms with Crippen molar-refractivity contribution in [3.05, 3.63) is 65.9 Å². The van der Waals surface area contributed by atoms with E-state index in [9.17, 15) is 19.2 Å². The summed E-state index contributed by atoms with van der Waals surface area (Å²) >= 11 is 0. The van der Waals surface area contributed by atoms with Gasteiger partial charge >= 0.3 is 0 Å². The maximum Gasteiger partial charge on any atom is 0.296 e. The molecule has 3 aromatic rings. The summed E-state index contributed by atoms with van der Waals surface area (Å²) < 4.78 is 1.75.